The van der Waals surface area contributed by atoms with Crippen LogP contribution in [-0.4, -0.2) is 43.2 Å². The summed E-state index contributed by atoms with van der Waals surface area (Å²) in [5.74, 6) is 1.01. The van der Waals surface area contributed by atoms with Crippen LogP contribution in [0.2, 0.25) is 0 Å². The first-order valence-electron chi connectivity index (χ1n) is 7.95. The number of nitrogens with two attached hydrogens (primary N) is 1. The molecule has 2 fully saturated rings. The van der Waals surface area contributed by atoms with E-state index in [2.05, 4.69) is 17.1 Å². The molecule has 106 valence electrons. The summed E-state index contributed by atoms with van der Waals surface area (Å²) in [6.45, 7) is 7.95. The van der Waals surface area contributed by atoms with Gasteiger partial charge in [-0.3, -0.25) is 0 Å². The predicted octanol–water partition coefficient (Wildman–Crippen LogP) is 1.97. The molecule has 0 unspecified atom stereocenters. The molecule has 1 heterocycles. The van der Waals surface area contributed by atoms with Crippen LogP contribution in [0.5, 0.6) is 0 Å². The average Bonchev–Trinajstić information content (AvgIpc) is 2.35. The molecule has 0 aromatic rings. The van der Waals surface area contributed by atoms with E-state index in [1.165, 1.54) is 71.1 Å². The zero-order valence-corrected chi connectivity index (χ0v) is 12.1. The van der Waals surface area contributed by atoms with Gasteiger partial charge in [-0.1, -0.05) is 26.2 Å². The Hall–Kier alpha value is -0.120. The first kappa shape index (κ1) is 14.3. The van der Waals surface area contributed by atoms with Crippen LogP contribution >= 0.6 is 0 Å². The lowest BCUT2D eigenvalue weighted by Crippen LogP contribution is -2.58. The SMILES string of the molecule is CCCN1CCC(CN)(NCCC2CCC2)CC1. The van der Waals surface area contributed by atoms with E-state index in [-0.39, 0.29) is 5.54 Å². The van der Waals surface area contributed by atoms with Crippen LogP contribution < -0.4 is 11.1 Å². The highest BCUT2D eigenvalue weighted by Crippen LogP contribution is 2.29. The Bertz CT molecular complexity index is 230. The van der Waals surface area contributed by atoms with Crippen LogP contribution in [0.15, 0.2) is 0 Å². The van der Waals surface area contributed by atoms with Gasteiger partial charge in [0.05, 0.1) is 0 Å². The fourth-order valence-electron chi connectivity index (χ4n) is 3.30. The van der Waals surface area contributed by atoms with Crippen LogP contribution in [0.4, 0.5) is 0 Å². The Morgan fingerprint density at radius 2 is 2.00 bits per heavy atom. The van der Waals surface area contributed by atoms with E-state index in [1.54, 1.807) is 0 Å². The molecular formula is C15H31N3. The third-order valence-corrected chi connectivity index (χ3v) is 5.02. The zero-order valence-electron chi connectivity index (χ0n) is 12.1. The van der Waals surface area contributed by atoms with E-state index in [0.717, 1.165) is 12.5 Å². The lowest BCUT2D eigenvalue weighted by molar-refractivity contribution is 0.135. The van der Waals surface area contributed by atoms with Crippen molar-refractivity contribution in [2.45, 2.75) is 57.4 Å². The molecule has 0 amide bonds. The molecule has 1 aliphatic carbocycles. The average molecular weight is 253 g/mol. The number of piperidine rings is 1. The molecule has 3 N–H and O–H groups in total. The van der Waals surface area contributed by atoms with Crippen LogP contribution in [0.3, 0.4) is 0 Å². The smallest absolute Gasteiger partial charge is 0.0328 e. The number of rotatable bonds is 7. The second-order valence-corrected chi connectivity index (χ2v) is 6.34. The van der Waals surface area contributed by atoms with E-state index < -0.39 is 0 Å². The summed E-state index contributed by atoms with van der Waals surface area (Å²) in [6, 6.07) is 0. The molecule has 0 bridgehead atoms. The number of nitrogens with one attached hydrogen (secondary N) is 1. The number of likely N-dealkylation sites (tertiary alicyclic amines) is 1. The summed E-state index contributed by atoms with van der Waals surface area (Å²) < 4.78 is 0. The van der Waals surface area contributed by atoms with Gasteiger partial charge in [-0.05, 0) is 57.8 Å². The molecular weight excluding hydrogens is 222 g/mol. The van der Waals surface area contributed by atoms with E-state index in [4.69, 9.17) is 5.73 Å². The van der Waals surface area contributed by atoms with Crippen molar-refractivity contribution in [1.29, 1.82) is 0 Å². The maximum atomic E-state index is 6.04. The Balaban J connectivity index is 1.69. The number of nitrogens with zero attached hydrogens (tertiary/aromatic N) is 1. The Morgan fingerprint density at radius 1 is 1.28 bits per heavy atom. The lowest BCUT2D eigenvalue weighted by Gasteiger charge is -2.42. The molecule has 2 aliphatic rings. The molecule has 1 aliphatic heterocycles. The van der Waals surface area contributed by atoms with Gasteiger partial charge < -0.3 is 16.0 Å². The molecule has 0 aromatic carbocycles. The van der Waals surface area contributed by atoms with Gasteiger partial charge in [-0.15, -0.1) is 0 Å². The maximum Gasteiger partial charge on any atom is 0.0328 e. The summed E-state index contributed by atoms with van der Waals surface area (Å²) in [7, 11) is 0. The van der Waals surface area contributed by atoms with Gasteiger partial charge in [0, 0.05) is 12.1 Å². The van der Waals surface area contributed by atoms with Crippen LogP contribution in [0.25, 0.3) is 0 Å². The summed E-state index contributed by atoms with van der Waals surface area (Å²) in [5, 5.41) is 3.79. The van der Waals surface area contributed by atoms with Crippen molar-refractivity contribution in [2.75, 3.05) is 32.7 Å². The van der Waals surface area contributed by atoms with Gasteiger partial charge in [0.2, 0.25) is 0 Å². The number of hydrogen-bond acceptors (Lipinski definition) is 3. The normalized spacial score (nSPS) is 25.0. The van der Waals surface area contributed by atoms with Gasteiger partial charge in [-0.25, -0.2) is 0 Å². The van der Waals surface area contributed by atoms with Gasteiger partial charge >= 0.3 is 0 Å². The minimum absolute atomic E-state index is 0.244. The first-order valence-corrected chi connectivity index (χ1v) is 7.95. The van der Waals surface area contributed by atoms with Crippen molar-refractivity contribution < 1.29 is 0 Å². The summed E-state index contributed by atoms with van der Waals surface area (Å²) in [5.41, 5.74) is 6.28. The van der Waals surface area contributed by atoms with Gasteiger partial charge in [-0.2, -0.15) is 0 Å². The molecule has 0 spiro atoms. The Kier molecular flexibility index (Phi) is 5.46. The molecule has 0 aromatic heterocycles. The van der Waals surface area contributed by atoms with Gasteiger partial charge in [0.25, 0.3) is 0 Å². The van der Waals surface area contributed by atoms with Crippen LogP contribution in [-0.2, 0) is 0 Å². The summed E-state index contributed by atoms with van der Waals surface area (Å²) in [6.07, 6.45) is 9.47. The van der Waals surface area contributed by atoms with Crippen molar-refractivity contribution in [1.82, 2.24) is 10.2 Å². The molecule has 1 saturated heterocycles. The maximum absolute atomic E-state index is 6.04. The highest BCUT2D eigenvalue weighted by Gasteiger charge is 2.32. The Labute approximate surface area is 112 Å². The van der Waals surface area contributed by atoms with Gasteiger partial charge in [0.15, 0.2) is 0 Å². The zero-order chi connectivity index (χ0) is 12.8. The topological polar surface area (TPSA) is 41.3 Å². The standard InChI is InChI=1S/C15H31N3/c1-2-10-18-11-7-15(13-16,8-12-18)17-9-6-14-4-3-5-14/h14,17H,2-13,16H2,1H3. The van der Waals surface area contributed by atoms with Crippen molar-refractivity contribution in [3.05, 3.63) is 0 Å². The van der Waals surface area contributed by atoms with Crippen molar-refractivity contribution in [3.8, 4) is 0 Å². The second kappa shape index (κ2) is 6.88. The van der Waals surface area contributed by atoms with E-state index in [9.17, 15) is 0 Å². The highest BCUT2D eigenvalue weighted by atomic mass is 15.2. The third kappa shape index (κ3) is 3.69. The molecule has 18 heavy (non-hydrogen) atoms. The molecule has 3 heteroatoms. The molecule has 1 saturated carbocycles. The quantitative estimate of drug-likeness (QED) is 0.729. The second-order valence-electron chi connectivity index (χ2n) is 6.34. The van der Waals surface area contributed by atoms with Crippen molar-refractivity contribution in [2.24, 2.45) is 11.7 Å². The van der Waals surface area contributed by atoms with Gasteiger partial charge in [0.1, 0.15) is 0 Å². The third-order valence-electron chi connectivity index (χ3n) is 5.02. The highest BCUT2D eigenvalue weighted by molar-refractivity contribution is 4.94. The monoisotopic (exact) mass is 253 g/mol. The molecule has 2 rings (SSSR count). The van der Waals surface area contributed by atoms with Crippen molar-refractivity contribution in [3.63, 3.8) is 0 Å². The first-order chi connectivity index (χ1) is 8.78. The summed E-state index contributed by atoms with van der Waals surface area (Å²) in [4.78, 5) is 2.58. The number of hydrogen-bond donors (Lipinski definition) is 2. The van der Waals surface area contributed by atoms with E-state index >= 15 is 0 Å². The summed E-state index contributed by atoms with van der Waals surface area (Å²) >= 11 is 0. The molecule has 3 nitrogen and oxygen atoms in total. The minimum Gasteiger partial charge on any atom is -0.329 e. The van der Waals surface area contributed by atoms with Crippen LogP contribution in [0, 0.1) is 5.92 Å². The van der Waals surface area contributed by atoms with E-state index in [1.807, 2.05) is 0 Å². The van der Waals surface area contributed by atoms with Crippen LogP contribution in [0.1, 0.15) is 51.9 Å². The minimum atomic E-state index is 0.244. The fraction of sp³-hybridized carbons (Fsp3) is 1.00. The lowest BCUT2D eigenvalue weighted by atomic mass is 9.82. The van der Waals surface area contributed by atoms with Crippen molar-refractivity contribution >= 4 is 0 Å². The predicted molar refractivity (Wildman–Crippen MR) is 77.7 cm³/mol. The Morgan fingerprint density at radius 3 is 2.50 bits per heavy atom. The van der Waals surface area contributed by atoms with E-state index in [0.29, 0.717) is 0 Å². The fourth-order valence-corrected chi connectivity index (χ4v) is 3.30. The largest absolute Gasteiger partial charge is 0.329 e. The molecule has 0 radical (unpaired) electrons. The molecule has 0 atom stereocenters.